The molecule has 1 aromatic carbocycles. The largest absolute Gasteiger partial charge is 0.317 e. The van der Waals surface area contributed by atoms with Crippen molar-refractivity contribution in [1.29, 1.82) is 0 Å². The molecule has 0 saturated carbocycles. The van der Waals surface area contributed by atoms with Gasteiger partial charge in [-0.15, -0.1) is 0 Å². The van der Waals surface area contributed by atoms with Crippen LogP contribution in [0, 0.1) is 0 Å². The first kappa shape index (κ1) is 14.2. The molecule has 0 aromatic heterocycles. The van der Waals surface area contributed by atoms with E-state index in [2.05, 4.69) is 61.4 Å². The Morgan fingerprint density at radius 3 is 2.41 bits per heavy atom. The normalized spacial score (nSPS) is 14.9. The van der Waals surface area contributed by atoms with Crippen LogP contribution in [-0.4, -0.2) is 37.6 Å². The van der Waals surface area contributed by atoms with E-state index >= 15 is 0 Å². The second-order valence-electron chi connectivity index (χ2n) is 4.99. The summed E-state index contributed by atoms with van der Waals surface area (Å²) in [6.45, 7) is 5.67. The van der Waals surface area contributed by atoms with Crippen molar-refractivity contribution >= 4 is 0 Å². The number of nitrogens with zero attached hydrogens (tertiary/aromatic N) is 1. The molecular weight excluding hydrogens is 208 g/mol. The summed E-state index contributed by atoms with van der Waals surface area (Å²) in [7, 11) is 4.25. The van der Waals surface area contributed by atoms with Crippen LogP contribution in [-0.2, 0) is 6.42 Å². The van der Waals surface area contributed by atoms with Crippen molar-refractivity contribution in [2.24, 2.45) is 0 Å². The Balaban J connectivity index is 2.31. The SMILES string of the molecule is CNC(C)CC(C)N(C)CCc1ccccc1. The highest BCUT2D eigenvalue weighted by Gasteiger charge is 2.11. The van der Waals surface area contributed by atoms with Crippen LogP contribution in [0.2, 0.25) is 0 Å². The van der Waals surface area contributed by atoms with Gasteiger partial charge in [0.2, 0.25) is 0 Å². The predicted molar refractivity (Wildman–Crippen MR) is 75.4 cm³/mol. The maximum Gasteiger partial charge on any atom is 0.00787 e. The topological polar surface area (TPSA) is 15.3 Å². The van der Waals surface area contributed by atoms with Crippen molar-refractivity contribution in [2.45, 2.75) is 38.8 Å². The fourth-order valence-corrected chi connectivity index (χ4v) is 1.98. The number of hydrogen-bond donors (Lipinski definition) is 1. The molecule has 0 spiro atoms. The van der Waals surface area contributed by atoms with Crippen molar-refractivity contribution in [3.8, 4) is 0 Å². The smallest absolute Gasteiger partial charge is 0.00787 e. The highest BCUT2D eigenvalue weighted by Crippen LogP contribution is 2.07. The van der Waals surface area contributed by atoms with Crippen molar-refractivity contribution in [2.75, 3.05) is 20.6 Å². The van der Waals surface area contributed by atoms with E-state index in [-0.39, 0.29) is 0 Å². The molecule has 2 atom stereocenters. The van der Waals surface area contributed by atoms with Crippen LogP contribution in [0.25, 0.3) is 0 Å². The molecule has 17 heavy (non-hydrogen) atoms. The Labute approximate surface area is 106 Å². The average molecular weight is 234 g/mol. The van der Waals surface area contributed by atoms with E-state index in [1.807, 2.05) is 7.05 Å². The molecule has 2 heteroatoms. The van der Waals surface area contributed by atoms with Crippen LogP contribution in [0.3, 0.4) is 0 Å². The van der Waals surface area contributed by atoms with Crippen molar-refractivity contribution in [1.82, 2.24) is 10.2 Å². The third-order valence-electron chi connectivity index (χ3n) is 3.54. The van der Waals surface area contributed by atoms with Crippen LogP contribution in [0.4, 0.5) is 0 Å². The maximum atomic E-state index is 3.30. The van der Waals surface area contributed by atoms with Gasteiger partial charge in [0.05, 0.1) is 0 Å². The van der Waals surface area contributed by atoms with Gasteiger partial charge in [-0.3, -0.25) is 0 Å². The van der Waals surface area contributed by atoms with Crippen molar-refractivity contribution in [3.63, 3.8) is 0 Å². The highest BCUT2D eigenvalue weighted by molar-refractivity contribution is 5.14. The van der Waals surface area contributed by atoms with E-state index in [1.54, 1.807) is 0 Å². The predicted octanol–water partition coefficient (Wildman–Crippen LogP) is 2.55. The molecule has 0 bridgehead atoms. The lowest BCUT2D eigenvalue weighted by Gasteiger charge is -2.27. The third kappa shape index (κ3) is 5.33. The lowest BCUT2D eigenvalue weighted by molar-refractivity contribution is 0.235. The Bertz CT molecular complexity index is 297. The summed E-state index contributed by atoms with van der Waals surface area (Å²) in [5.41, 5.74) is 1.42. The molecular formula is C15H26N2. The summed E-state index contributed by atoms with van der Waals surface area (Å²) >= 11 is 0. The molecule has 2 unspecified atom stereocenters. The number of benzene rings is 1. The van der Waals surface area contributed by atoms with Gasteiger partial charge in [-0.25, -0.2) is 0 Å². The quantitative estimate of drug-likeness (QED) is 0.780. The van der Waals surface area contributed by atoms with Crippen LogP contribution < -0.4 is 5.32 Å². The minimum atomic E-state index is 0.587. The summed E-state index contributed by atoms with van der Waals surface area (Å²) in [6, 6.07) is 11.9. The van der Waals surface area contributed by atoms with Gasteiger partial charge < -0.3 is 10.2 Å². The van der Waals surface area contributed by atoms with Gasteiger partial charge in [-0.2, -0.15) is 0 Å². The number of rotatable bonds is 7. The number of likely N-dealkylation sites (N-methyl/N-ethyl adjacent to an activating group) is 1. The molecule has 96 valence electrons. The van der Waals surface area contributed by atoms with E-state index in [4.69, 9.17) is 0 Å². The molecule has 0 fully saturated rings. The van der Waals surface area contributed by atoms with E-state index in [0.29, 0.717) is 12.1 Å². The van der Waals surface area contributed by atoms with Crippen LogP contribution >= 0.6 is 0 Å². The van der Waals surface area contributed by atoms with Gasteiger partial charge >= 0.3 is 0 Å². The van der Waals surface area contributed by atoms with Crippen LogP contribution in [0.5, 0.6) is 0 Å². The molecule has 0 aliphatic carbocycles. The lowest BCUT2D eigenvalue weighted by Crippen LogP contribution is -2.36. The summed E-state index contributed by atoms with van der Waals surface area (Å²) < 4.78 is 0. The zero-order valence-corrected chi connectivity index (χ0v) is 11.6. The maximum absolute atomic E-state index is 3.30. The Morgan fingerprint density at radius 2 is 1.82 bits per heavy atom. The Hall–Kier alpha value is -0.860. The molecule has 0 aliphatic heterocycles. The Morgan fingerprint density at radius 1 is 1.18 bits per heavy atom. The molecule has 0 saturated heterocycles. The zero-order valence-electron chi connectivity index (χ0n) is 11.6. The average Bonchev–Trinajstić information content (AvgIpc) is 2.36. The second kappa shape index (κ2) is 7.46. The minimum Gasteiger partial charge on any atom is -0.317 e. The summed E-state index contributed by atoms with van der Waals surface area (Å²) in [6.07, 6.45) is 2.33. The molecule has 2 nitrogen and oxygen atoms in total. The summed E-state index contributed by atoms with van der Waals surface area (Å²) in [5.74, 6) is 0. The first-order valence-electron chi connectivity index (χ1n) is 6.55. The van der Waals surface area contributed by atoms with Crippen LogP contribution in [0.15, 0.2) is 30.3 Å². The van der Waals surface area contributed by atoms with E-state index < -0.39 is 0 Å². The van der Waals surface area contributed by atoms with Gasteiger partial charge in [-0.1, -0.05) is 30.3 Å². The fraction of sp³-hybridized carbons (Fsp3) is 0.600. The van der Waals surface area contributed by atoms with E-state index in [9.17, 15) is 0 Å². The molecule has 0 heterocycles. The molecule has 0 amide bonds. The minimum absolute atomic E-state index is 0.587. The molecule has 0 radical (unpaired) electrons. The molecule has 1 rings (SSSR count). The second-order valence-corrected chi connectivity index (χ2v) is 4.99. The molecule has 1 N–H and O–H groups in total. The van der Waals surface area contributed by atoms with Crippen molar-refractivity contribution < 1.29 is 0 Å². The van der Waals surface area contributed by atoms with Gasteiger partial charge in [0.25, 0.3) is 0 Å². The lowest BCUT2D eigenvalue weighted by atomic mass is 10.1. The third-order valence-corrected chi connectivity index (χ3v) is 3.54. The van der Waals surface area contributed by atoms with Gasteiger partial charge in [0, 0.05) is 18.6 Å². The van der Waals surface area contributed by atoms with Crippen LogP contribution in [0.1, 0.15) is 25.8 Å². The summed E-state index contributed by atoms with van der Waals surface area (Å²) in [4.78, 5) is 2.45. The fourth-order valence-electron chi connectivity index (χ4n) is 1.98. The van der Waals surface area contributed by atoms with E-state index in [0.717, 1.165) is 13.0 Å². The zero-order chi connectivity index (χ0) is 12.7. The number of nitrogens with one attached hydrogen (secondary N) is 1. The Kier molecular flexibility index (Phi) is 6.23. The van der Waals surface area contributed by atoms with E-state index in [1.165, 1.54) is 12.0 Å². The molecule has 1 aromatic rings. The van der Waals surface area contributed by atoms with Gasteiger partial charge in [-0.05, 0) is 46.3 Å². The summed E-state index contributed by atoms with van der Waals surface area (Å²) in [5, 5.41) is 3.30. The molecule has 0 aliphatic rings. The number of hydrogen-bond acceptors (Lipinski definition) is 2. The first-order chi connectivity index (χ1) is 8.13. The standard InChI is InChI=1S/C15H26N2/c1-13(16-3)12-14(2)17(4)11-10-15-8-6-5-7-9-15/h5-9,13-14,16H,10-12H2,1-4H3. The first-order valence-corrected chi connectivity index (χ1v) is 6.55. The van der Waals surface area contributed by atoms with Crippen molar-refractivity contribution in [3.05, 3.63) is 35.9 Å². The highest BCUT2D eigenvalue weighted by atomic mass is 15.1. The van der Waals surface area contributed by atoms with Gasteiger partial charge in [0.1, 0.15) is 0 Å². The monoisotopic (exact) mass is 234 g/mol. The van der Waals surface area contributed by atoms with Gasteiger partial charge in [0.15, 0.2) is 0 Å².